The van der Waals surface area contributed by atoms with Crippen LogP contribution in [-0.2, 0) is 0 Å². The second-order valence-electron chi connectivity index (χ2n) is 5.74. The Morgan fingerprint density at radius 3 is 2.54 bits per heavy atom. The lowest BCUT2D eigenvalue weighted by Crippen LogP contribution is -2.20. The minimum atomic E-state index is -0.282. The lowest BCUT2D eigenvalue weighted by atomic mass is 10.1. The van der Waals surface area contributed by atoms with Crippen molar-refractivity contribution < 1.29 is 5.11 Å². The maximum atomic E-state index is 13.0. The van der Waals surface area contributed by atoms with Crippen LogP contribution in [0.25, 0.3) is 16.5 Å². The molecule has 0 fully saturated rings. The number of aromatic hydroxyl groups is 1. The smallest absolute Gasteiger partial charge is 0.265 e. The highest BCUT2D eigenvalue weighted by molar-refractivity contribution is 7.13. The van der Waals surface area contributed by atoms with Gasteiger partial charge in [-0.3, -0.25) is 4.79 Å². The van der Waals surface area contributed by atoms with E-state index in [0.29, 0.717) is 27.2 Å². The Morgan fingerprint density at radius 2 is 1.85 bits per heavy atom. The molecule has 0 radical (unpaired) electrons. The number of hydrogen-bond acceptors (Lipinski definition) is 6. The molecule has 0 bridgehead atoms. The van der Waals surface area contributed by atoms with Crippen molar-refractivity contribution in [2.75, 3.05) is 0 Å². The van der Waals surface area contributed by atoms with Crippen LogP contribution in [0.4, 0.5) is 5.13 Å². The molecule has 4 aromatic rings. The van der Waals surface area contributed by atoms with Crippen molar-refractivity contribution in [3.8, 4) is 11.6 Å². The van der Waals surface area contributed by atoms with Gasteiger partial charge in [-0.2, -0.15) is 0 Å². The quantitative estimate of drug-likeness (QED) is 0.565. The van der Waals surface area contributed by atoms with Gasteiger partial charge in [0.05, 0.1) is 11.3 Å². The molecule has 128 valence electrons. The molecular formula is C19H14N4O2S. The van der Waals surface area contributed by atoms with Gasteiger partial charge < -0.3 is 5.11 Å². The molecular weight excluding hydrogens is 348 g/mol. The van der Waals surface area contributed by atoms with Gasteiger partial charge >= 0.3 is 0 Å². The Kier molecular flexibility index (Phi) is 4.06. The van der Waals surface area contributed by atoms with Gasteiger partial charge in [0, 0.05) is 17.0 Å². The second kappa shape index (κ2) is 6.53. The molecule has 0 spiro atoms. The Hall–Kier alpha value is -3.32. The Morgan fingerprint density at radius 1 is 1.12 bits per heavy atom. The predicted octanol–water partition coefficient (Wildman–Crippen LogP) is 3.61. The number of aryl methyl sites for hydroxylation is 1. The van der Waals surface area contributed by atoms with E-state index >= 15 is 0 Å². The summed E-state index contributed by atoms with van der Waals surface area (Å²) < 4.78 is 1.29. The highest BCUT2D eigenvalue weighted by Gasteiger charge is 2.16. The van der Waals surface area contributed by atoms with Crippen molar-refractivity contribution in [2.45, 2.75) is 6.92 Å². The molecule has 0 aliphatic carbocycles. The standard InChI is InChI=1S/C19H14N4O2S/c1-12-6-8-13(9-7-12)23-17(24)15-5-3-2-4-14(15)16(18(23)25)10-20-19-22-21-11-26-19/h2-11,25H,1H3/b20-10+. The van der Waals surface area contributed by atoms with Crippen LogP contribution in [0.15, 0.2) is 63.8 Å². The molecule has 0 saturated carbocycles. The molecule has 26 heavy (non-hydrogen) atoms. The summed E-state index contributed by atoms with van der Waals surface area (Å²) in [6.07, 6.45) is 1.52. The van der Waals surface area contributed by atoms with E-state index in [1.807, 2.05) is 25.1 Å². The van der Waals surface area contributed by atoms with Crippen molar-refractivity contribution >= 4 is 33.5 Å². The monoisotopic (exact) mass is 362 g/mol. The van der Waals surface area contributed by atoms with Crippen LogP contribution in [0.5, 0.6) is 5.88 Å². The molecule has 2 aromatic carbocycles. The van der Waals surface area contributed by atoms with Crippen molar-refractivity contribution in [1.82, 2.24) is 14.8 Å². The highest BCUT2D eigenvalue weighted by Crippen LogP contribution is 2.26. The summed E-state index contributed by atoms with van der Waals surface area (Å²) >= 11 is 1.29. The van der Waals surface area contributed by atoms with Gasteiger partial charge in [0.15, 0.2) is 0 Å². The van der Waals surface area contributed by atoms with Crippen molar-refractivity contribution in [2.24, 2.45) is 4.99 Å². The molecule has 0 atom stereocenters. The number of pyridine rings is 1. The number of rotatable bonds is 3. The van der Waals surface area contributed by atoms with Crippen LogP contribution in [0.3, 0.4) is 0 Å². The molecule has 0 aliphatic rings. The number of aliphatic imine (C=N–C) groups is 1. The summed E-state index contributed by atoms with van der Waals surface area (Å²) in [5.74, 6) is -0.161. The zero-order chi connectivity index (χ0) is 18.1. The average molecular weight is 362 g/mol. The summed E-state index contributed by atoms with van der Waals surface area (Å²) in [6.45, 7) is 1.97. The van der Waals surface area contributed by atoms with E-state index < -0.39 is 0 Å². The van der Waals surface area contributed by atoms with E-state index in [4.69, 9.17) is 0 Å². The van der Waals surface area contributed by atoms with Crippen LogP contribution < -0.4 is 5.56 Å². The molecule has 7 heteroatoms. The van der Waals surface area contributed by atoms with Crippen molar-refractivity contribution in [3.05, 3.63) is 75.5 Å². The molecule has 6 nitrogen and oxygen atoms in total. The topological polar surface area (TPSA) is 80.4 Å². The molecule has 1 N–H and O–H groups in total. The van der Waals surface area contributed by atoms with Gasteiger partial charge in [-0.1, -0.05) is 47.2 Å². The first-order chi connectivity index (χ1) is 12.6. The third-order valence-corrected chi connectivity index (χ3v) is 4.65. The Bertz CT molecular complexity index is 1160. The largest absolute Gasteiger partial charge is 0.494 e. The van der Waals surface area contributed by atoms with Gasteiger partial charge in [-0.15, -0.1) is 10.2 Å². The highest BCUT2D eigenvalue weighted by atomic mass is 32.1. The first-order valence-electron chi connectivity index (χ1n) is 7.89. The molecule has 0 saturated heterocycles. The lowest BCUT2D eigenvalue weighted by molar-refractivity contribution is 0.436. The fourth-order valence-corrected chi connectivity index (χ4v) is 3.16. The molecule has 0 aliphatic heterocycles. The number of benzene rings is 2. The van der Waals surface area contributed by atoms with Gasteiger partial charge in [-0.25, -0.2) is 9.56 Å². The van der Waals surface area contributed by atoms with E-state index in [9.17, 15) is 9.90 Å². The van der Waals surface area contributed by atoms with Crippen molar-refractivity contribution in [1.29, 1.82) is 0 Å². The molecule has 0 unspecified atom stereocenters. The number of hydrogen-bond donors (Lipinski definition) is 1. The second-order valence-corrected chi connectivity index (χ2v) is 6.55. The number of nitrogens with zero attached hydrogens (tertiary/aromatic N) is 4. The predicted molar refractivity (Wildman–Crippen MR) is 103 cm³/mol. The molecule has 2 heterocycles. The maximum absolute atomic E-state index is 13.0. The van der Waals surface area contributed by atoms with Crippen LogP contribution in [-0.4, -0.2) is 26.1 Å². The average Bonchev–Trinajstić information content (AvgIpc) is 3.17. The normalized spacial score (nSPS) is 11.4. The van der Waals surface area contributed by atoms with Gasteiger partial charge in [0.2, 0.25) is 11.0 Å². The third kappa shape index (κ3) is 2.78. The first-order valence-corrected chi connectivity index (χ1v) is 8.77. The molecule has 2 aromatic heterocycles. The van der Waals surface area contributed by atoms with Crippen molar-refractivity contribution in [3.63, 3.8) is 0 Å². The fourth-order valence-electron chi connectivity index (χ4n) is 2.77. The van der Waals surface area contributed by atoms with E-state index in [-0.39, 0.29) is 11.4 Å². The van der Waals surface area contributed by atoms with E-state index in [0.717, 1.165) is 5.56 Å². The summed E-state index contributed by atoms with van der Waals surface area (Å²) in [5.41, 5.74) is 3.42. The number of fused-ring (bicyclic) bond motifs is 1. The summed E-state index contributed by atoms with van der Waals surface area (Å²) in [4.78, 5) is 17.2. The van der Waals surface area contributed by atoms with Gasteiger partial charge in [0.1, 0.15) is 5.51 Å². The zero-order valence-corrected chi connectivity index (χ0v) is 14.6. The zero-order valence-electron chi connectivity index (χ0n) is 13.8. The summed E-state index contributed by atoms with van der Waals surface area (Å²) in [7, 11) is 0. The van der Waals surface area contributed by atoms with Crippen LogP contribution >= 0.6 is 11.3 Å². The lowest BCUT2D eigenvalue weighted by Gasteiger charge is -2.13. The van der Waals surface area contributed by atoms with E-state index in [1.54, 1.807) is 35.8 Å². The fraction of sp³-hybridized carbons (Fsp3) is 0.0526. The van der Waals surface area contributed by atoms with Crippen LogP contribution in [0.2, 0.25) is 0 Å². The summed E-state index contributed by atoms with van der Waals surface area (Å²) in [5, 5.41) is 20.1. The van der Waals surface area contributed by atoms with Gasteiger partial charge in [-0.05, 0) is 25.1 Å². The van der Waals surface area contributed by atoms with Crippen LogP contribution in [0.1, 0.15) is 11.1 Å². The third-order valence-electron chi connectivity index (χ3n) is 4.05. The van der Waals surface area contributed by atoms with E-state index in [1.165, 1.54) is 22.1 Å². The minimum absolute atomic E-state index is 0.161. The van der Waals surface area contributed by atoms with E-state index in [2.05, 4.69) is 15.2 Å². The van der Waals surface area contributed by atoms with Crippen LogP contribution in [0, 0.1) is 6.92 Å². The first kappa shape index (κ1) is 16.2. The Labute approximate surface area is 152 Å². The number of aromatic nitrogens is 3. The van der Waals surface area contributed by atoms with Gasteiger partial charge in [0.25, 0.3) is 5.56 Å². The molecule has 0 amide bonds. The molecule has 4 rings (SSSR count). The summed E-state index contributed by atoms with van der Waals surface area (Å²) in [6, 6.07) is 14.5. The Balaban J connectivity index is 2.01. The minimum Gasteiger partial charge on any atom is -0.494 e. The maximum Gasteiger partial charge on any atom is 0.265 e. The SMILES string of the molecule is Cc1ccc(-n2c(O)c(/C=N/c3nncs3)c3ccccc3c2=O)cc1.